The van der Waals surface area contributed by atoms with Crippen molar-refractivity contribution < 1.29 is 9.90 Å². The molecule has 0 bridgehead atoms. The van der Waals surface area contributed by atoms with E-state index in [2.05, 4.69) is 9.97 Å². The van der Waals surface area contributed by atoms with Gasteiger partial charge in [-0.2, -0.15) is 5.26 Å². The van der Waals surface area contributed by atoms with Crippen LogP contribution in [0.3, 0.4) is 0 Å². The molecule has 6 heteroatoms. The van der Waals surface area contributed by atoms with Gasteiger partial charge in [-0.15, -0.1) is 0 Å². The Labute approximate surface area is 107 Å². The van der Waals surface area contributed by atoms with Gasteiger partial charge in [0, 0.05) is 6.20 Å². The summed E-state index contributed by atoms with van der Waals surface area (Å²) in [7, 11) is 0. The van der Waals surface area contributed by atoms with E-state index >= 15 is 0 Å². The van der Waals surface area contributed by atoms with E-state index in [4.69, 9.17) is 10.4 Å². The average Bonchev–Trinajstić information content (AvgIpc) is 2.39. The maximum atomic E-state index is 10.8. The van der Waals surface area contributed by atoms with E-state index in [1.54, 1.807) is 18.2 Å². The van der Waals surface area contributed by atoms with E-state index in [0.717, 1.165) is 0 Å². The molecule has 0 aliphatic heterocycles. The number of nitriles is 1. The SMILES string of the molecule is N#Cc1cccc(Sc2cc(C(=O)O)ccn2)n1. The van der Waals surface area contributed by atoms with Crippen molar-refractivity contribution in [2.45, 2.75) is 10.1 Å². The second-order valence-corrected chi connectivity index (χ2v) is 4.30. The molecular weight excluding hydrogens is 250 g/mol. The predicted molar refractivity (Wildman–Crippen MR) is 64.3 cm³/mol. The molecule has 0 saturated heterocycles. The lowest BCUT2D eigenvalue weighted by Crippen LogP contribution is -1.96. The summed E-state index contributed by atoms with van der Waals surface area (Å²) in [5, 5.41) is 18.7. The van der Waals surface area contributed by atoms with E-state index in [1.165, 1.54) is 30.1 Å². The number of hydrogen-bond acceptors (Lipinski definition) is 5. The molecule has 0 saturated carbocycles. The lowest BCUT2D eigenvalue weighted by atomic mass is 10.3. The molecule has 0 spiro atoms. The Bertz CT molecular complexity index is 637. The summed E-state index contributed by atoms with van der Waals surface area (Å²) in [5.74, 6) is -1.00. The number of aromatic nitrogens is 2. The first-order valence-electron chi connectivity index (χ1n) is 4.93. The number of carboxylic acid groups (broad SMARTS) is 1. The van der Waals surface area contributed by atoms with Crippen LogP contribution in [-0.4, -0.2) is 21.0 Å². The summed E-state index contributed by atoms with van der Waals surface area (Å²) >= 11 is 1.21. The molecule has 2 aromatic rings. The third-order valence-corrected chi connectivity index (χ3v) is 2.90. The first-order chi connectivity index (χ1) is 8.69. The monoisotopic (exact) mass is 257 g/mol. The summed E-state index contributed by atoms with van der Waals surface area (Å²) in [6, 6.07) is 9.89. The largest absolute Gasteiger partial charge is 0.478 e. The van der Waals surface area contributed by atoms with Crippen LogP contribution in [0.25, 0.3) is 0 Å². The van der Waals surface area contributed by atoms with Gasteiger partial charge in [0.05, 0.1) is 5.56 Å². The summed E-state index contributed by atoms with van der Waals surface area (Å²) in [6.45, 7) is 0. The summed E-state index contributed by atoms with van der Waals surface area (Å²) in [5.41, 5.74) is 0.485. The standard InChI is InChI=1S/C12H7N3O2S/c13-7-9-2-1-3-10(15-9)18-11-6-8(12(16)17)4-5-14-11/h1-6H,(H,16,17). The topological polar surface area (TPSA) is 86.9 Å². The van der Waals surface area contributed by atoms with Crippen LogP contribution in [-0.2, 0) is 0 Å². The predicted octanol–water partition coefficient (Wildman–Crippen LogP) is 2.20. The van der Waals surface area contributed by atoms with Gasteiger partial charge in [-0.3, -0.25) is 0 Å². The fourth-order valence-corrected chi connectivity index (χ4v) is 2.04. The van der Waals surface area contributed by atoms with Crippen LogP contribution >= 0.6 is 11.8 Å². The van der Waals surface area contributed by atoms with Crippen molar-refractivity contribution >= 4 is 17.7 Å². The van der Waals surface area contributed by atoms with Crippen LogP contribution in [0.15, 0.2) is 46.6 Å². The second kappa shape index (κ2) is 5.29. The lowest BCUT2D eigenvalue weighted by molar-refractivity contribution is 0.0696. The van der Waals surface area contributed by atoms with Crippen LogP contribution in [0, 0.1) is 11.3 Å². The summed E-state index contributed by atoms with van der Waals surface area (Å²) in [6.07, 6.45) is 1.43. The molecule has 0 radical (unpaired) electrons. The molecule has 2 rings (SSSR count). The van der Waals surface area contributed by atoms with Crippen LogP contribution in [0.5, 0.6) is 0 Å². The third-order valence-electron chi connectivity index (χ3n) is 2.03. The van der Waals surface area contributed by atoms with Gasteiger partial charge in [0.25, 0.3) is 0 Å². The van der Waals surface area contributed by atoms with E-state index in [-0.39, 0.29) is 5.56 Å². The highest BCUT2D eigenvalue weighted by Gasteiger charge is 2.06. The zero-order chi connectivity index (χ0) is 13.0. The lowest BCUT2D eigenvalue weighted by Gasteiger charge is -2.01. The van der Waals surface area contributed by atoms with Gasteiger partial charge in [0.15, 0.2) is 0 Å². The Morgan fingerprint density at radius 1 is 1.33 bits per heavy atom. The molecule has 5 nitrogen and oxygen atoms in total. The van der Waals surface area contributed by atoms with Crippen molar-refractivity contribution in [3.05, 3.63) is 47.8 Å². The molecule has 2 aromatic heterocycles. The Morgan fingerprint density at radius 3 is 2.89 bits per heavy atom. The highest BCUT2D eigenvalue weighted by atomic mass is 32.2. The van der Waals surface area contributed by atoms with Crippen LogP contribution in [0.1, 0.15) is 16.1 Å². The van der Waals surface area contributed by atoms with Gasteiger partial charge >= 0.3 is 5.97 Å². The van der Waals surface area contributed by atoms with Gasteiger partial charge in [-0.05, 0) is 24.3 Å². The van der Waals surface area contributed by atoms with Crippen molar-refractivity contribution in [2.24, 2.45) is 0 Å². The van der Waals surface area contributed by atoms with Crippen molar-refractivity contribution in [3.63, 3.8) is 0 Å². The maximum absolute atomic E-state index is 10.8. The van der Waals surface area contributed by atoms with Crippen molar-refractivity contribution in [1.82, 2.24) is 9.97 Å². The minimum atomic E-state index is -1.00. The number of carboxylic acids is 1. The smallest absolute Gasteiger partial charge is 0.335 e. The van der Waals surface area contributed by atoms with Crippen molar-refractivity contribution in [3.8, 4) is 6.07 Å². The molecule has 0 aliphatic rings. The number of aromatic carboxylic acids is 1. The van der Waals surface area contributed by atoms with E-state index in [1.807, 2.05) is 6.07 Å². The zero-order valence-corrected chi connectivity index (χ0v) is 9.89. The molecule has 0 fully saturated rings. The van der Waals surface area contributed by atoms with Gasteiger partial charge in [-0.1, -0.05) is 17.8 Å². The molecule has 0 atom stereocenters. The van der Waals surface area contributed by atoms with Crippen LogP contribution in [0.2, 0.25) is 0 Å². The van der Waals surface area contributed by atoms with Gasteiger partial charge in [-0.25, -0.2) is 14.8 Å². The van der Waals surface area contributed by atoms with Crippen LogP contribution in [0.4, 0.5) is 0 Å². The van der Waals surface area contributed by atoms with Crippen molar-refractivity contribution in [1.29, 1.82) is 5.26 Å². The first-order valence-corrected chi connectivity index (χ1v) is 5.75. The molecule has 0 unspecified atom stereocenters. The molecule has 0 aliphatic carbocycles. The van der Waals surface area contributed by atoms with E-state index in [9.17, 15) is 4.79 Å². The van der Waals surface area contributed by atoms with E-state index in [0.29, 0.717) is 15.7 Å². The molecular formula is C12H7N3O2S. The number of nitrogens with zero attached hydrogens (tertiary/aromatic N) is 3. The number of carbonyl (C=O) groups is 1. The number of hydrogen-bond donors (Lipinski definition) is 1. The van der Waals surface area contributed by atoms with Crippen molar-refractivity contribution in [2.75, 3.05) is 0 Å². The fraction of sp³-hybridized carbons (Fsp3) is 0. The fourth-order valence-electron chi connectivity index (χ4n) is 1.24. The minimum absolute atomic E-state index is 0.170. The Kier molecular flexibility index (Phi) is 3.55. The first kappa shape index (κ1) is 12.1. The third kappa shape index (κ3) is 2.84. The molecule has 0 aromatic carbocycles. The van der Waals surface area contributed by atoms with Gasteiger partial charge in [0.1, 0.15) is 21.8 Å². The molecule has 1 N–H and O–H groups in total. The van der Waals surface area contributed by atoms with Gasteiger partial charge < -0.3 is 5.11 Å². The summed E-state index contributed by atoms with van der Waals surface area (Å²) < 4.78 is 0. The molecule has 2 heterocycles. The van der Waals surface area contributed by atoms with Crippen LogP contribution < -0.4 is 0 Å². The normalized spacial score (nSPS) is 9.72. The Balaban J connectivity index is 2.26. The molecule has 18 heavy (non-hydrogen) atoms. The zero-order valence-electron chi connectivity index (χ0n) is 9.07. The number of rotatable bonds is 3. The van der Waals surface area contributed by atoms with E-state index < -0.39 is 5.97 Å². The van der Waals surface area contributed by atoms with Gasteiger partial charge in [0.2, 0.25) is 0 Å². The average molecular weight is 257 g/mol. The second-order valence-electron chi connectivity index (χ2n) is 3.26. The summed E-state index contributed by atoms with van der Waals surface area (Å²) in [4.78, 5) is 18.9. The minimum Gasteiger partial charge on any atom is -0.478 e. The highest BCUT2D eigenvalue weighted by molar-refractivity contribution is 7.99. The quantitative estimate of drug-likeness (QED) is 0.906. The Hall–Kier alpha value is -2.39. The maximum Gasteiger partial charge on any atom is 0.335 e. The molecule has 0 amide bonds. The Morgan fingerprint density at radius 2 is 2.17 bits per heavy atom. The highest BCUT2D eigenvalue weighted by Crippen LogP contribution is 2.24. The number of pyridine rings is 2. The molecule has 88 valence electrons.